The number of rotatable bonds is 4. The van der Waals surface area contributed by atoms with Crippen LogP contribution in [0.1, 0.15) is 19.3 Å². The van der Waals surface area contributed by atoms with Crippen LogP contribution in [0.4, 0.5) is 18.9 Å². The normalized spacial score (nSPS) is 19.9. The lowest BCUT2D eigenvalue weighted by molar-refractivity contribution is 0.424. The number of benzene rings is 1. The van der Waals surface area contributed by atoms with Gasteiger partial charge >= 0.3 is 0 Å². The third kappa shape index (κ3) is 3.86. The average Bonchev–Trinajstić information content (AvgIpc) is 2.36. The van der Waals surface area contributed by atoms with Gasteiger partial charge in [0.15, 0.2) is 11.6 Å². The number of nitrogens with one attached hydrogen (secondary N) is 2. The Labute approximate surface area is 115 Å². The highest BCUT2D eigenvalue weighted by molar-refractivity contribution is 7.92. The van der Waals surface area contributed by atoms with Crippen molar-refractivity contribution < 1.29 is 21.6 Å². The van der Waals surface area contributed by atoms with Crippen molar-refractivity contribution >= 4 is 15.7 Å². The van der Waals surface area contributed by atoms with Crippen LogP contribution in [0.25, 0.3) is 0 Å². The molecule has 112 valence electrons. The summed E-state index contributed by atoms with van der Waals surface area (Å²) in [6.07, 6.45) is 2.62. The van der Waals surface area contributed by atoms with Gasteiger partial charge in [-0.15, -0.1) is 0 Å². The van der Waals surface area contributed by atoms with Crippen LogP contribution in [0.2, 0.25) is 0 Å². The van der Waals surface area contributed by atoms with Crippen LogP contribution in [-0.2, 0) is 10.0 Å². The topological polar surface area (TPSA) is 58.2 Å². The summed E-state index contributed by atoms with van der Waals surface area (Å²) in [5.74, 6) is -4.05. The van der Waals surface area contributed by atoms with E-state index in [1.54, 1.807) is 0 Å². The predicted molar refractivity (Wildman–Crippen MR) is 69.4 cm³/mol. The first kappa shape index (κ1) is 15.1. The van der Waals surface area contributed by atoms with Gasteiger partial charge in [0, 0.05) is 18.2 Å². The van der Waals surface area contributed by atoms with Crippen LogP contribution >= 0.6 is 0 Å². The van der Waals surface area contributed by atoms with Gasteiger partial charge in [-0.3, -0.25) is 4.72 Å². The van der Waals surface area contributed by atoms with Gasteiger partial charge < -0.3 is 5.32 Å². The van der Waals surface area contributed by atoms with Gasteiger partial charge in [0.25, 0.3) is 0 Å². The molecule has 1 saturated heterocycles. The SMILES string of the molecule is O=S(=O)(CC1CCCCN1)Nc1cc(F)c(F)cc1F. The molecule has 20 heavy (non-hydrogen) atoms. The number of halogens is 3. The Bertz CT molecular complexity index is 587. The Kier molecular flexibility index (Phi) is 4.54. The molecular weight excluding hydrogens is 293 g/mol. The van der Waals surface area contributed by atoms with E-state index in [1.807, 2.05) is 4.72 Å². The van der Waals surface area contributed by atoms with E-state index < -0.39 is 33.2 Å². The van der Waals surface area contributed by atoms with Crippen LogP contribution < -0.4 is 10.0 Å². The van der Waals surface area contributed by atoms with Gasteiger partial charge in [0.2, 0.25) is 10.0 Å². The predicted octanol–water partition coefficient (Wildman–Crippen LogP) is 1.99. The Morgan fingerprint density at radius 3 is 2.50 bits per heavy atom. The third-order valence-corrected chi connectivity index (χ3v) is 4.48. The lowest BCUT2D eigenvalue weighted by Gasteiger charge is -2.23. The lowest BCUT2D eigenvalue weighted by atomic mass is 10.1. The van der Waals surface area contributed by atoms with Crippen LogP contribution in [0, 0.1) is 17.5 Å². The fraction of sp³-hybridized carbons (Fsp3) is 0.500. The molecule has 1 atom stereocenters. The van der Waals surface area contributed by atoms with Gasteiger partial charge in [-0.25, -0.2) is 21.6 Å². The van der Waals surface area contributed by atoms with Gasteiger partial charge in [-0.05, 0) is 19.4 Å². The number of hydrogen-bond donors (Lipinski definition) is 2. The molecule has 1 fully saturated rings. The van der Waals surface area contributed by atoms with Crippen LogP contribution in [0.5, 0.6) is 0 Å². The minimum atomic E-state index is -3.83. The number of hydrogen-bond acceptors (Lipinski definition) is 3. The summed E-state index contributed by atoms with van der Waals surface area (Å²) in [6.45, 7) is 0.736. The van der Waals surface area contributed by atoms with E-state index in [2.05, 4.69) is 5.32 Å². The molecule has 0 amide bonds. The maximum absolute atomic E-state index is 13.4. The number of anilines is 1. The largest absolute Gasteiger partial charge is 0.313 e. The zero-order valence-electron chi connectivity index (χ0n) is 10.6. The fourth-order valence-electron chi connectivity index (χ4n) is 2.14. The molecule has 1 aliphatic rings. The molecule has 0 bridgehead atoms. The minimum Gasteiger partial charge on any atom is -0.313 e. The van der Waals surface area contributed by atoms with E-state index in [-0.39, 0.29) is 11.8 Å². The van der Waals surface area contributed by atoms with Crippen LogP contribution in [-0.4, -0.2) is 26.8 Å². The Hall–Kier alpha value is -1.28. The summed E-state index contributed by atoms with van der Waals surface area (Å²) in [5, 5.41) is 3.05. The highest BCUT2D eigenvalue weighted by atomic mass is 32.2. The Morgan fingerprint density at radius 1 is 1.15 bits per heavy atom. The zero-order chi connectivity index (χ0) is 14.8. The lowest BCUT2D eigenvalue weighted by Crippen LogP contribution is -2.40. The molecule has 0 aliphatic carbocycles. The van der Waals surface area contributed by atoms with Gasteiger partial charge in [-0.2, -0.15) is 0 Å². The van der Waals surface area contributed by atoms with Crippen molar-refractivity contribution in [3.05, 3.63) is 29.6 Å². The number of piperidine rings is 1. The maximum Gasteiger partial charge on any atom is 0.234 e. The minimum absolute atomic E-state index is 0.213. The summed E-state index contributed by atoms with van der Waals surface area (Å²) >= 11 is 0. The highest BCUT2D eigenvalue weighted by Gasteiger charge is 2.22. The van der Waals surface area contributed by atoms with Crippen molar-refractivity contribution in [2.45, 2.75) is 25.3 Å². The quantitative estimate of drug-likeness (QED) is 0.836. The molecule has 0 radical (unpaired) electrons. The molecule has 2 N–H and O–H groups in total. The third-order valence-electron chi connectivity index (χ3n) is 3.11. The maximum atomic E-state index is 13.4. The van der Waals surface area contributed by atoms with E-state index in [0.717, 1.165) is 19.4 Å². The van der Waals surface area contributed by atoms with Crippen LogP contribution in [0.3, 0.4) is 0 Å². The van der Waals surface area contributed by atoms with Crippen molar-refractivity contribution in [2.75, 3.05) is 17.0 Å². The van der Waals surface area contributed by atoms with Crippen molar-refractivity contribution in [3.63, 3.8) is 0 Å². The van der Waals surface area contributed by atoms with Gasteiger partial charge in [-0.1, -0.05) is 6.42 Å². The smallest absolute Gasteiger partial charge is 0.234 e. The standard InChI is InChI=1S/C12H15F3N2O2S/c13-9-5-11(15)12(6-10(9)14)17-20(18,19)7-8-3-1-2-4-16-8/h5-6,8,16-17H,1-4,7H2. The van der Waals surface area contributed by atoms with Crippen molar-refractivity contribution in [3.8, 4) is 0 Å². The molecule has 1 heterocycles. The zero-order valence-corrected chi connectivity index (χ0v) is 11.4. The molecule has 1 aromatic rings. The second-order valence-electron chi connectivity index (χ2n) is 4.78. The monoisotopic (exact) mass is 308 g/mol. The second kappa shape index (κ2) is 6.01. The first-order chi connectivity index (χ1) is 9.37. The second-order valence-corrected chi connectivity index (χ2v) is 6.54. The van der Waals surface area contributed by atoms with Crippen LogP contribution in [0.15, 0.2) is 12.1 Å². The molecule has 0 aromatic heterocycles. The summed E-state index contributed by atoms with van der Waals surface area (Å²) in [7, 11) is -3.83. The van der Waals surface area contributed by atoms with E-state index in [4.69, 9.17) is 0 Å². The summed E-state index contributed by atoms with van der Waals surface area (Å²) in [4.78, 5) is 0. The molecule has 1 aromatic carbocycles. The first-order valence-corrected chi connectivity index (χ1v) is 7.91. The summed E-state index contributed by atoms with van der Waals surface area (Å²) < 4.78 is 64.9. The van der Waals surface area contributed by atoms with E-state index in [9.17, 15) is 21.6 Å². The molecule has 0 saturated carbocycles. The fourth-order valence-corrected chi connectivity index (χ4v) is 3.53. The molecule has 0 spiro atoms. The molecule has 1 aliphatic heterocycles. The summed E-state index contributed by atoms with van der Waals surface area (Å²) in [6, 6.07) is 0.595. The molecule has 4 nitrogen and oxygen atoms in total. The molecule has 8 heteroatoms. The number of sulfonamides is 1. The van der Waals surface area contributed by atoms with E-state index in [1.165, 1.54) is 0 Å². The van der Waals surface area contributed by atoms with Gasteiger partial charge in [0.1, 0.15) is 5.82 Å². The highest BCUT2D eigenvalue weighted by Crippen LogP contribution is 2.20. The van der Waals surface area contributed by atoms with Gasteiger partial charge in [0.05, 0.1) is 11.4 Å². The Morgan fingerprint density at radius 2 is 1.85 bits per heavy atom. The van der Waals surface area contributed by atoms with E-state index in [0.29, 0.717) is 18.6 Å². The first-order valence-electron chi connectivity index (χ1n) is 6.26. The average molecular weight is 308 g/mol. The van der Waals surface area contributed by atoms with Crippen molar-refractivity contribution in [2.24, 2.45) is 0 Å². The van der Waals surface area contributed by atoms with Crippen molar-refractivity contribution in [1.29, 1.82) is 0 Å². The summed E-state index contributed by atoms with van der Waals surface area (Å²) in [5.41, 5.74) is -0.584. The van der Waals surface area contributed by atoms with Crippen molar-refractivity contribution in [1.82, 2.24) is 5.32 Å². The molecular formula is C12H15F3N2O2S. The molecule has 1 unspecified atom stereocenters. The van der Waals surface area contributed by atoms with E-state index >= 15 is 0 Å². The molecule has 2 rings (SSSR count). The Balaban J connectivity index is 2.09.